The maximum atomic E-state index is 13.7. The molecule has 4 aromatic carbocycles. The summed E-state index contributed by atoms with van der Waals surface area (Å²) in [6.45, 7) is 2.18. The van der Waals surface area contributed by atoms with Gasteiger partial charge in [0.05, 0.1) is 22.8 Å². The lowest BCUT2D eigenvalue weighted by Gasteiger charge is -2.15. The number of benzene rings is 4. The van der Waals surface area contributed by atoms with E-state index in [9.17, 15) is 20.0 Å². The highest BCUT2D eigenvalue weighted by molar-refractivity contribution is 6.03. The maximum absolute atomic E-state index is 13.7. The predicted octanol–water partition coefficient (Wildman–Crippen LogP) is 8.32. The number of carboxylic acids is 1. The van der Waals surface area contributed by atoms with Crippen LogP contribution in [-0.2, 0) is 6.42 Å². The Morgan fingerprint density at radius 2 is 1.51 bits per heavy atom. The molecule has 0 saturated heterocycles. The number of hydrogen-bond acceptors (Lipinski definition) is 4. The van der Waals surface area contributed by atoms with E-state index in [-0.39, 0.29) is 16.9 Å². The molecular formula is C34H31NO4. The molecule has 0 aliphatic rings. The van der Waals surface area contributed by atoms with Crippen molar-refractivity contribution in [2.75, 3.05) is 0 Å². The van der Waals surface area contributed by atoms with E-state index in [1.54, 1.807) is 42.5 Å². The number of carboxylic acid groups (broad SMARTS) is 1. The van der Waals surface area contributed by atoms with Gasteiger partial charge in [0.15, 0.2) is 0 Å². The fourth-order valence-electron chi connectivity index (χ4n) is 4.67. The zero-order valence-corrected chi connectivity index (χ0v) is 22.0. The lowest BCUT2D eigenvalue weighted by molar-refractivity contribution is 0.0694. The molecule has 4 rings (SSSR count). The number of rotatable bonds is 11. The molecule has 4 aromatic rings. The summed E-state index contributed by atoms with van der Waals surface area (Å²) in [5.41, 5.74) is 4.28. The second kappa shape index (κ2) is 13.2. The fourth-order valence-corrected chi connectivity index (χ4v) is 4.67. The number of carbonyl (C=O) groups is 2. The molecule has 0 radical (unpaired) electrons. The lowest BCUT2D eigenvalue weighted by Crippen LogP contribution is -2.12. The minimum absolute atomic E-state index is 0.114. The van der Waals surface area contributed by atoms with Gasteiger partial charge < -0.3 is 9.84 Å². The number of carbonyl (C=O) groups excluding carboxylic acids is 1. The topological polar surface area (TPSA) is 87.4 Å². The number of nitriles is 1. The van der Waals surface area contributed by atoms with Crippen molar-refractivity contribution in [1.29, 1.82) is 5.26 Å². The van der Waals surface area contributed by atoms with E-state index >= 15 is 0 Å². The average molecular weight is 518 g/mol. The van der Waals surface area contributed by atoms with Gasteiger partial charge in [0.2, 0.25) is 0 Å². The third-order valence-electron chi connectivity index (χ3n) is 6.72. The Morgan fingerprint density at radius 3 is 2.26 bits per heavy atom. The molecule has 1 N–H and O–H groups in total. The van der Waals surface area contributed by atoms with Gasteiger partial charge >= 0.3 is 11.9 Å². The Balaban J connectivity index is 1.73. The smallest absolute Gasteiger partial charge is 0.344 e. The van der Waals surface area contributed by atoms with Gasteiger partial charge in [-0.2, -0.15) is 5.26 Å². The molecule has 39 heavy (non-hydrogen) atoms. The SMILES string of the molecule is CCCCCCCc1ccc(C(=O)Oc2cc(C#N)ccc2-c2ccccc2)c(-c2ccccc2C(=O)O)c1. The molecule has 0 unspecified atom stereocenters. The van der Waals surface area contributed by atoms with Gasteiger partial charge in [-0.05, 0) is 65.4 Å². The lowest BCUT2D eigenvalue weighted by atomic mass is 9.92. The monoisotopic (exact) mass is 517 g/mol. The first-order chi connectivity index (χ1) is 19.0. The number of esters is 1. The number of nitrogens with zero attached hydrogens (tertiary/aromatic N) is 1. The van der Waals surface area contributed by atoms with Crippen LogP contribution >= 0.6 is 0 Å². The molecule has 5 nitrogen and oxygen atoms in total. The molecule has 0 aromatic heterocycles. The Morgan fingerprint density at radius 1 is 0.769 bits per heavy atom. The van der Waals surface area contributed by atoms with Gasteiger partial charge in [0.25, 0.3) is 0 Å². The van der Waals surface area contributed by atoms with Crippen molar-refractivity contribution in [2.24, 2.45) is 0 Å². The standard InChI is InChI=1S/C34H31NO4/c1-2-3-4-5-7-12-24-17-20-30(31(21-24)28-15-10-11-16-29(28)33(36)37)34(38)39-32-22-25(23-35)18-19-27(32)26-13-8-6-9-14-26/h6,8-11,13-22H,2-5,7,12H2,1H3,(H,36,37). The van der Waals surface area contributed by atoms with Gasteiger partial charge in [-0.25, -0.2) is 9.59 Å². The number of ether oxygens (including phenoxy) is 1. The molecule has 0 aliphatic carbocycles. The van der Waals surface area contributed by atoms with Crippen molar-refractivity contribution in [2.45, 2.75) is 45.4 Å². The predicted molar refractivity (Wildman–Crippen MR) is 153 cm³/mol. The van der Waals surface area contributed by atoms with Gasteiger partial charge in [0.1, 0.15) is 5.75 Å². The minimum atomic E-state index is -1.07. The van der Waals surface area contributed by atoms with Crippen LogP contribution in [0.4, 0.5) is 0 Å². The van der Waals surface area contributed by atoms with Gasteiger partial charge in [-0.15, -0.1) is 0 Å². The highest BCUT2D eigenvalue weighted by Crippen LogP contribution is 2.34. The third kappa shape index (κ3) is 6.80. The van der Waals surface area contributed by atoms with Crippen LogP contribution < -0.4 is 4.74 Å². The molecule has 196 valence electrons. The third-order valence-corrected chi connectivity index (χ3v) is 6.72. The molecule has 0 fully saturated rings. The number of aromatic carboxylic acids is 1. The highest BCUT2D eigenvalue weighted by Gasteiger charge is 2.21. The van der Waals surface area contributed by atoms with Crippen LogP contribution in [0, 0.1) is 11.3 Å². The summed E-state index contributed by atoms with van der Waals surface area (Å²) in [6, 6.07) is 28.8. The Hall–Kier alpha value is -4.69. The van der Waals surface area contributed by atoms with E-state index in [0.717, 1.165) is 30.4 Å². The van der Waals surface area contributed by atoms with Crippen LogP contribution in [0.3, 0.4) is 0 Å². The molecule has 5 heteroatoms. The second-order valence-corrected chi connectivity index (χ2v) is 9.47. The first-order valence-electron chi connectivity index (χ1n) is 13.3. The maximum Gasteiger partial charge on any atom is 0.344 e. The Bertz CT molecular complexity index is 1500. The van der Waals surface area contributed by atoms with E-state index in [1.807, 2.05) is 42.5 Å². The van der Waals surface area contributed by atoms with Gasteiger partial charge in [-0.1, -0.05) is 93.3 Å². The summed E-state index contributed by atoms with van der Waals surface area (Å²) in [7, 11) is 0. The van der Waals surface area contributed by atoms with E-state index in [2.05, 4.69) is 13.0 Å². The molecule has 0 aliphatic heterocycles. The van der Waals surface area contributed by atoms with E-state index < -0.39 is 11.9 Å². The van der Waals surface area contributed by atoms with Crippen LogP contribution in [0.2, 0.25) is 0 Å². The number of hydrogen-bond donors (Lipinski definition) is 1. The summed E-state index contributed by atoms with van der Waals surface area (Å²) in [6.07, 6.45) is 6.54. The first kappa shape index (κ1) is 27.3. The Kier molecular flexibility index (Phi) is 9.26. The minimum Gasteiger partial charge on any atom is -0.478 e. The first-order valence-corrected chi connectivity index (χ1v) is 13.3. The zero-order valence-electron chi connectivity index (χ0n) is 22.0. The van der Waals surface area contributed by atoms with Gasteiger partial charge in [-0.3, -0.25) is 0 Å². The molecule has 0 atom stereocenters. The summed E-state index contributed by atoms with van der Waals surface area (Å²) in [4.78, 5) is 25.7. The highest BCUT2D eigenvalue weighted by atomic mass is 16.5. The molecule has 0 heterocycles. The molecule has 0 spiro atoms. The largest absolute Gasteiger partial charge is 0.478 e. The van der Waals surface area contributed by atoms with Crippen LogP contribution in [0.1, 0.15) is 70.9 Å². The summed E-state index contributed by atoms with van der Waals surface area (Å²) in [5.74, 6) is -1.42. The molecule has 0 saturated carbocycles. The van der Waals surface area contributed by atoms with E-state index in [1.165, 1.54) is 25.3 Å². The zero-order chi connectivity index (χ0) is 27.6. The molecular weight excluding hydrogens is 486 g/mol. The number of unbranched alkanes of at least 4 members (excludes halogenated alkanes) is 4. The van der Waals surface area contributed by atoms with Crippen molar-refractivity contribution in [3.05, 3.63) is 113 Å². The number of aryl methyl sites for hydroxylation is 1. The van der Waals surface area contributed by atoms with Crippen LogP contribution in [0.25, 0.3) is 22.3 Å². The second-order valence-electron chi connectivity index (χ2n) is 9.47. The van der Waals surface area contributed by atoms with Crippen LogP contribution in [0.5, 0.6) is 5.75 Å². The summed E-state index contributed by atoms with van der Waals surface area (Å²) >= 11 is 0. The van der Waals surface area contributed by atoms with Gasteiger partial charge in [0, 0.05) is 5.56 Å². The Labute approximate surface area is 229 Å². The average Bonchev–Trinajstić information content (AvgIpc) is 2.97. The van der Waals surface area contributed by atoms with Crippen molar-refractivity contribution >= 4 is 11.9 Å². The summed E-state index contributed by atoms with van der Waals surface area (Å²) in [5, 5.41) is 19.3. The quantitative estimate of drug-likeness (QED) is 0.123. The normalized spacial score (nSPS) is 10.6. The van der Waals surface area contributed by atoms with Crippen LogP contribution in [-0.4, -0.2) is 17.0 Å². The van der Waals surface area contributed by atoms with Crippen molar-refractivity contribution in [3.63, 3.8) is 0 Å². The van der Waals surface area contributed by atoms with E-state index in [0.29, 0.717) is 22.3 Å². The molecule has 0 bridgehead atoms. The molecule has 0 amide bonds. The van der Waals surface area contributed by atoms with Crippen molar-refractivity contribution < 1.29 is 19.4 Å². The van der Waals surface area contributed by atoms with E-state index in [4.69, 9.17) is 4.74 Å². The van der Waals surface area contributed by atoms with Crippen molar-refractivity contribution in [1.82, 2.24) is 0 Å². The van der Waals surface area contributed by atoms with Crippen LogP contribution in [0.15, 0.2) is 91.0 Å². The fraction of sp³-hybridized carbons (Fsp3) is 0.206. The summed E-state index contributed by atoms with van der Waals surface area (Å²) < 4.78 is 5.92. The van der Waals surface area contributed by atoms with Crippen molar-refractivity contribution in [3.8, 4) is 34.1 Å².